The van der Waals surface area contributed by atoms with Crippen molar-refractivity contribution in [1.82, 2.24) is 10.2 Å². The second-order valence-corrected chi connectivity index (χ2v) is 5.03. The molecule has 0 fully saturated rings. The highest BCUT2D eigenvalue weighted by molar-refractivity contribution is 5.98. The Morgan fingerprint density at radius 2 is 1.79 bits per heavy atom. The maximum Gasteiger partial charge on any atom is 0.252 e. The first-order valence-corrected chi connectivity index (χ1v) is 7.06. The highest BCUT2D eigenvalue weighted by Gasteiger charge is 2.13. The predicted octanol–water partition coefficient (Wildman–Crippen LogP) is 3.03. The van der Waals surface area contributed by atoms with Crippen molar-refractivity contribution in [3.8, 4) is 17.0 Å². The Morgan fingerprint density at radius 1 is 1.12 bits per heavy atom. The van der Waals surface area contributed by atoms with Crippen LogP contribution in [0.15, 0.2) is 48.7 Å². The maximum atomic E-state index is 13.5. The molecule has 0 bridgehead atoms. The van der Waals surface area contributed by atoms with E-state index in [9.17, 15) is 13.6 Å². The van der Waals surface area contributed by atoms with Gasteiger partial charge < -0.3 is 10.5 Å². The zero-order chi connectivity index (χ0) is 17.1. The van der Waals surface area contributed by atoms with Gasteiger partial charge >= 0.3 is 0 Å². The highest BCUT2D eigenvalue weighted by atomic mass is 19.1. The van der Waals surface area contributed by atoms with Gasteiger partial charge in [-0.2, -0.15) is 5.10 Å². The second kappa shape index (κ2) is 6.49. The fraction of sp³-hybridized carbons (Fsp3) is 0.0588. The number of primary amides is 1. The van der Waals surface area contributed by atoms with Crippen LogP contribution in [0.1, 0.15) is 15.9 Å². The molecule has 0 aliphatic heterocycles. The fourth-order valence-corrected chi connectivity index (χ4v) is 2.23. The molecule has 1 heterocycles. The Bertz CT molecular complexity index is 856. The number of hydrogen-bond donors (Lipinski definition) is 2. The smallest absolute Gasteiger partial charge is 0.252 e. The van der Waals surface area contributed by atoms with Gasteiger partial charge in [-0.1, -0.05) is 6.07 Å². The molecule has 0 saturated carbocycles. The van der Waals surface area contributed by atoms with Crippen LogP contribution < -0.4 is 10.5 Å². The molecule has 122 valence electrons. The number of aromatic amines is 1. The van der Waals surface area contributed by atoms with Gasteiger partial charge in [0.25, 0.3) is 5.91 Å². The molecule has 3 N–H and O–H groups in total. The van der Waals surface area contributed by atoms with Gasteiger partial charge in [0, 0.05) is 11.8 Å². The van der Waals surface area contributed by atoms with Crippen LogP contribution in [0.4, 0.5) is 8.78 Å². The first kappa shape index (κ1) is 15.7. The minimum Gasteiger partial charge on any atom is -0.489 e. The Labute approximate surface area is 136 Å². The summed E-state index contributed by atoms with van der Waals surface area (Å²) in [6.45, 7) is -0.229. The number of carbonyl (C=O) groups is 1. The van der Waals surface area contributed by atoms with E-state index in [0.29, 0.717) is 17.0 Å². The lowest BCUT2D eigenvalue weighted by atomic mass is 10.1. The molecule has 1 aromatic heterocycles. The van der Waals surface area contributed by atoms with Gasteiger partial charge in [-0.15, -0.1) is 0 Å². The molecular formula is C17H13F2N3O2. The lowest BCUT2D eigenvalue weighted by Crippen LogP contribution is -2.11. The average Bonchev–Trinajstić information content (AvgIpc) is 3.05. The summed E-state index contributed by atoms with van der Waals surface area (Å²) < 4.78 is 32.5. The number of rotatable bonds is 5. The van der Waals surface area contributed by atoms with Crippen molar-refractivity contribution >= 4 is 5.91 Å². The van der Waals surface area contributed by atoms with Crippen LogP contribution in [0.2, 0.25) is 0 Å². The summed E-state index contributed by atoms with van der Waals surface area (Å²) in [5, 5.41) is 6.57. The van der Waals surface area contributed by atoms with E-state index in [0.717, 1.165) is 0 Å². The van der Waals surface area contributed by atoms with Crippen molar-refractivity contribution in [3.63, 3.8) is 0 Å². The first-order valence-electron chi connectivity index (χ1n) is 7.06. The molecule has 7 heteroatoms. The third-order valence-electron chi connectivity index (χ3n) is 3.48. The van der Waals surface area contributed by atoms with Crippen LogP contribution in [0.25, 0.3) is 11.3 Å². The number of nitrogens with two attached hydrogens (primary N) is 1. The molecule has 0 unspecified atom stereocenters. The third kappa shape index (κ3) is 3.10. The lowest BCUT2D eigenvalue weighted by Gasteiger charge is -2.08. The highest BCUT2D eigenvalue weighted by Crippen LogP contribution is 2.24. The zero-order valence-electron chi connectivity index (χ0n) is 12.4. The molecule has 3 aromatic rings. The van der Waals surface area contributed by atoms with Crippen LogP contribution >= 0.6 is 0 Å². The number of halogens is 2. The summed E-state index contributed by atoms with van der Waals surface area (Å²) in [7, 11) is 0. The van der Waals surface area contributed by atoms with Crippen molar-refractivity contribution in [2.24, 2.45) is 5.73 Å². The first-order chi connectivity index (χ1) is 11.6. The van der Waals surface area contributed by atoms with E-state index in [4.69, 9.17) is 10.5 Å². The van der Waals surface area contributed by atoms with E-state index in [1.165, 1.54) is 24.4 Å². The Morgan fingerprint density at radius 3 is 2.42 bits per heavy atom. The molecule has 2 aromatic carbocycles. The molecule has 0 aliphatic carbocycles. The molecule has 0 aliphatic rings. The van der Waals surface area contributed by atoms with Crippen LogP contribution in [0.3, 0.4) is 0 Å². The van der Waals surface area contributed by atoms with E-state index in [-0.39, 0.29) is 17.7 Å². The minimum absolute atomic E-state index is 0.134. The number of amides is 1. The molecule has 0 spiro atoms. The van der Waals surface area contributed by atoms with E-state index < -0.39 is 17.5 Å². The van der Waals surface area contributed by atoms with Crippen LogP contribution in [0, 0.1) is 11.6 Å². The number of nitrogens with zero attached hydrogens (tertiary/aromatic N) is 1. The van der Waals surface area contributed by atoms with E-state index in [1.54, 1.807) is 24.3 Å². The van der Waals surface area contributed by atoms with Crippen molar-refractivity contribution in [3.05, 3.63) is 71.4 Å². The normalized spacial score (nSPS) is 10.6. The van der Waals surface area contributed by atoms with Crippen LogP contribution in [0.5, 0.6) is 5.75 Å². The standard InChI is InChI=1S/C17H13F2N3O2/c18-14-2-1-3-15(19)13(14)9-24-11-6-4-10(5-7-11)16-12(17(20)23)8-21-22-16/h1-8H,9H2,(H2,20,23)(H,21,22). The van der Waals surface area contributed by atoms with E-state index in [1.807, 2.05) is 0 Å². The van der Waals surface area contributed by atoms with Crippen molar-refractivity contribution in [2.75, 3.05) is 0 Å². The average molecular weight is 329 g/mol. The topological polar surface area (TPSA) is 81.0 Å². The van der Waals surface area contributed by atoms with Gasteiger partial charge in [0.05, 0.1) is 11.1 Å². The second-order valence-electron chi connectivity index (χ2n) is 5.03. The molecule has 5 nitrogen and oxygen atoms in total. The Hall–Kier alpha value is -3.22. The van der Waals surface area contributed by atoms with Crippen molar-refractivity contribution < 1.29 is 18.3 Å². The molecular weight excluding hydrogens is 316 g/mol. The van der Waals surface area contributed by atoms with E-state index >= 15 is 0 Å². The molecule has 24 heavy (non-hydrogen) atoms. The number of carbonyl (C=O) groups excluding carboxylic acids is 1. The van der Waals surface area contributed by atoms with Gasteiger partial charge in [0.1, 0.15) is 29.7 Å². The fourth-order valence-electron chi connectivity index (χ4n) is 2.23. The predicted molar refractivity (Wildman–Crippen MR) is 83.2 cm³/mol. The SMILES string of the molecule is NC(=O)c1c[nH]nc1-c1ccc(OCc2c(F)cccc2F)cc1. The number of hydrogen-bond acceptors (Lipinski definition) is 3. The van der Waals surface area contributed by atoms with Gasteiger partial charge in [0.2, 0.25) is 0 Å². The quantitative estimate of drug-likeness (QED) is 0.755. The molecule has 1 amide bonds. The summed E-state index contributed by atoms with van der Waals surface area (Å²) in [5.74, 6) is -1.48. The number of ether oxygens (including phenoxy) is 1. The summed E-state index contributed by atoms with van der Waals surface area (Å²) >= 11 is 0. The van der Waals surface area contributed by atoms with Gasteiger partial charge in [0.15, 0.2) is 0 Å². The molecule has 0 saturated heterocycles. The molecule has 0 atom stereocenters. The molecule has 3 rings (SSSR count). The summed E-state index contributed by atoms with van der Waals surface area (Å²) in [4.78, 5) is 11.3. The number of nitrogens with one attached hydrogen (secondary N) is 1. The lowest BCUT2D eigenvalue weighted by molar-refractivity contribution is 0.100. The monoisotopic (exact) mass is 329 g/mol. The van der Waals surface area contributed by atoms with Crippen LogP contribution in [-0.2, 0) is 6.61 Å². The van der Waals surface area contributed by atoms with Crippen molar-refractivity contribution in [1.29, 1.82) is 0 Å². The Kier molecular flexibility index (Phi) is 4.24. The summed E-state index contributed by atoms with van der Waals surface area (Å²) in [6.07, 6.45) is 1.42. The third-order valence-corrected chi connectivity index (χ3v) is 3.48. The van der Waals surface area contributed by atoms with E-state index in [2.05, 4.69) is 10.2 Å². The number of H-pyrrole nitrogens is 1. The zero-order valence-corrected chi connectivity index (χ0v) is 12.4. The van der Waals surface area contributed by atoms with Crippen LogP contribution in [-0.4, -0.2) is 16.1 Å². The molecule has 0 radical (unpaired) electrons. The largest absolute Gasteiger partial charge is 0.489 e. The summed E-state index contributed by atoms with van der Waals surface area (Å²) in [6, 6.07) is 10.2. The number of benzene rings is 2. The maximum absolute atomic E-state index is 13.5. The van der Waals surface area contributed by atoms with Crippen molar-refractivity contribution in [2.45, 2.75) is 6.61 Å². The minimum atomic E-state index is -0.658. The summed E-state index contributed by atoms with van der Waals surface area (Å²) in [5.41, 5.74) is 6.50. The van der Waals surface area contributed by atoms with Gasteiger partial charge in [-0.3, -0.25) is 9.89 Å². The number of aromatic nitrogens is 2. The van der Waals surface area contributed by atoms with Gasteiger partial charge in [-0.25, -0.2) is 8.78 Å². The Balaban J connectivity index is 1.75. The van der Waals surface area contributed by atoms with Gasteiger partial charge in [-0.05, 0) is 36.4 Å².